The number of benzene rings is 1. The summed E-state index contributed by atoms with van der Waals surface area (Å²) in [5.74, 6) is 0.245. The minimum Gasteiger partial charge on any atom is -0.508 e. The first kappa shape index (κ1) is 9.92. The molecule has 2 N–H and O–H groups in total. The van der Waals surface area contributed by atoms with Crippen LogP contribution in [0.2, 0.25) is 0 Å². The third-order valence-electron chi connectivity index (χ3n) is 2.74. The highest BCUT2D eigenvalue weighted by molar-refractivity contribution is 5.35. The number of phenolic OH excluding ortho intramolecular Hbond substituents is 1. The van der Waals surface area contributed by atoms with Gasteiger partial charge < -0.3 is 5.11 Å². The zero-order chi connectivity index (χ0) is 10.8. The van der Waals surface area contributed by atoms with E-state index in [4.69, 9.17) is 0 Å². The lowest BCUT2D eigenvalue weighted by molar-refractivity contribution is -0.526. The van der Waals surface area contributed by atoms with Gasteiger partial charge in [-0.15, -0.1) is 0 Å². The van der Waals surface area contributed by atoms with Gasteiger partial charge in [0, 0.05) is 23.8 Å². The number of nitro groups is 1. The Morgan fingerprint density at radius 1 is 1.47 bits per heavy atom. The van der Waals surface area contributed by atoms with E-state index in [-0.39, 0.29) is 16.6 Å². The van der Waals surface area contributed by atoms with Gasteiger partial charge in [-0.2, -0.15) is 0 Å². The fraction of sp³-hybridized carbons (Fsp3) is 0.400. The molecule has 1 aromatic rings. The summed E-state index contributed by atoms with van der Waals surface area (Å²) in [6.45, 7) is 0.545. The molecule has 5 nitrogen and oxygen atoms in total. The fourth-order valence-corrected chi connectivity index (χ4v) is 1.94. The fourth-order valence-electron chi connectivity index (χ4n) is 1.94. The molecule has 0 bridgehead atoms. The Morgan fingerprint density at radius 3 is 2.80 bits per heavy atom. The molecule has 2 rings (SSSR count). The van der Waals surface area contributed by atoms with Crippen LogP contribution < -0.4 is 5.32 Å². The van der Waals surface area contributed by atoms with Gasteiger partial charge in [-0.25, -0.2) is 0 Å². The number of hydrogen-bond donors (Lipinski definition) is 2. The van der Waals surface area contributed by atoms with Crippen LogP contribution in [-0.4, -0.2) is 22.7 Å². The van der Waals surface area contributed by atoms with E-state index < -0.39 is 6.17 Å². The summed E-state index contributed by atoms with van der Waals surface area (Å²) in [6.07, 6.45) is -0.250. The van der Waals surface area contributed by atoms with Crippen LogP contribution in [0, 0.1) is 10.1 Å². The van der Waals surface area contributed by atoms with Crippen molar-refractivity contribution in [2.24, 2.45) is 0 Å². The molecular weight excluding hydrogens is 196 g/mol. The standard InChI is InChI=1S/C10H12N2O3/c13-9-4-2-1-3-8(9)7-5-10(11-6-7)12(14)15/h1-4,7,10-11,13H,5-6H2. The van der Waals surface area contributed by atoms with E-state index in [0.29, 0.717) is 13.0 Å². The van der Waals surface area contributed by atoms with Crippen molar-refractivity contribution in [2.75, 3.05) is 6.54 Å². The summed E-state index contributed by atoms with van der Waals surface area (Å²) in [5.41, 5.74) is 0.786. The summed E-state index contributed by atoms with van der Waals surface area (Å²) in [5, 5.41) is 23.0. The van der Waals surface area contributed by atoms with Crippen LogP contribution in [0.25, 0.3) is 0 Å². The Bertz CT molecular complexity index is 381. The van der Waals surface area contributed by atoms with Crippen molar-refractivity contribution in [1.29, 1.82) is 0 Å². The Morgan fingerprint density at radius 2 is 2.20 bits per heavy atom. The van der Waals surface area contributed by atoms with E-state index in [2.05, 4.69) is 5.32 Å². The molecule has 2 atom stereocenters. The van der Waals surface area contributed by atoms with Crippen LogP contribution >= 0.6 is 0 Å². The van der Waals surface area contributed by atoms with Gasteiger partial charge in [-0.1, -0.05) is 18.2 Å². The molecule has 0 aliphatic carbocycles. The summed E-state index contributed by atoms with van der Waals surface area (Å²) in [6, 6.07) is 6.99. The minimum atomic E-state index is -0.686. The third kappa shape index (κ3) is 1.92. The lowest BCUT2D eigenvalue weighted by Gasteiger charge is -2.09. The molecule has 0 saturated carbocycles. The van der Waals surface area contributed by atoms with Crippen LogP contribution in [0.5, 0.6) is 5.75 Å². The van der Waals surface area contributed by atoms with Crippen LogP contribution in [0.4, 0.5) is 0 Å². The van der Waals surface area contributed by atoms with Crippen molar-refractivity contribution in [3.8, 4) is 5.75 Å². The van der Waals surface area contributed by atoms with Crippen molar-refractivity contribution >= 4 is 0 Å². The molecule has 1 aromatic carbocycles. The first-order valence-corrected chi connectivity index (χ1v) is 4.83. The number of hydrogen-bond acceptors (Lipinski definition) is 4. The van der Waals surface area contributed by atoms with Crippen molar-refractivity contribution < 1.29 is 10.0 Å². The van der Waals surface area contributed by atoms with Gasteiger partial charge in [0.2, 0.25) is 0 Å². The van der Waals surface area contributed by atoms with Crippen LogP contribution in [0.3, 0.4) is 0 Å². The SMILES string of the molecule is O=[N+]([O-])C1CC(c2ccccc2O)CN1. The van der Waals surface area contributed by atoms with Gasteiger partial charge >= 0.3 is 0 Å². The maximum atomic E-state index is 10.5. The highest BCUT2D eigenvalue weighted by Gasteiger charge is 2.33. The van der Waals surface area contributed by atoms with Crippen molar-refractivity contribution in [3.63, 3.8) is 0 Å². The minimum absolute atomic E-state index is 0.0293. The Kier molecular flexibility index (Phi) is 2.55. The molecule has 0 radical (unpaired) electrons. The molecule has 2 unspecified atom stereocenters. The van der Waals surface area contributed by atoms with Crippen LogP contribution in [-0.2, 0) is 0 Å². The predicted molar refractivity (Wildman–Crippen MR) is 54.2 cm³/mol. The molecule has 5 heteroatoms. The number of nitrogens with one attached hydrogen (secondary N) is 1. The highest BCUT2D eigenvalue weighted by atomic mass is 16.6. The number of aromatic hydroxyl groups is 1. The van der Waals surface area contributed by atoms with Crippen molar-refractivity contribution in [3.05, 3.63) is 39.9 Å². The molecule has 1 fully saturated rings. The summed E-state index contributed by atoms with van der Waals surface area (Å²) in [7, 11) is 0. The lowest BCUT2D eigenvalue weighted by Crippen LogP contribution is -2.29. The van der Waals surface area contributed by atoms with Crippen molar-refractivity contribution in [2.45, 2.75) is 18.5 Å². The normalized spacial score (nSPS) is 25.3. The first-order valence-electron chi connectivity index (χ1n) is 4.83. The Labute approximate surface area is 86.9 Å². The van der Waals surface area contributed by atoms with Crippen LogP contribution in [0.1, 0.15) is 17.9 Å². The predicted octanol–water partition coefficient (Wildman–Crippen LogP) is 1.07. The zero-order valence-corrected chi connectivity index (χ0v) is 8.09. The Balaban J connectivity index is 2.14. The molecule has 0 spiro atoms. The largest absolute Gasteiger partial charge is 0.508 e. The molecule has 80 valence electrons. The van der Waals surface area contributed by atoms with Crippen molar-refractivity contribution in [1.82, 2.24) is 5.32 Å². The zero-order valence-electron chi connectivity index (χ0n) is 8.09. The Hall–Kier alpha value is -1.62. The van der Waals surface area contributed by atoms with Gasteiger partial charge in [-0.05, 0) is 11.6 Å². The summed E-state index contributed by atoms with van der Waals surface area (Å²) < 4.78 is 0. The van der Waals surface area contributed by atoms with E-state index in [1.54, 1.807) is 12.1 Å². The van der Waals surface area contributed by atoms with E-state index in [0.717, 1.165) is 5.56 Å². The second-order valence-corrected chi connectivity index (χ2v) is 3.70. The monoisotopic (exact) mass is 208 g/mol. The van der Waals surface area contributed by atoms with E-state index in [1.807, 2.05) is 12.1 Å². The first-order chi connectivity index (χ1) is 7.18. The molecule has 1 saturated heterocycles. The topological polar surface area (TPSA) is 75.4 Å². The molecular formula is C10H12N2O3. The maximum absolute atomic E-state index is 10.5. The van der Waals surface area contributed by atoms with Gasteiger partial charge in [0.25, 0.3) is 6.17 Å². The molecule has 1 aliphatic heterocycles. The smallest absolute Gasteiger partial charge is 0.266 e. The van der Waals surface area contributed by atoms with Gasteiger partial charge in [0.1, 0.15) is 5.75 Å². The van der Waals surface area contributed by atoms with Gasteiger partial charge in [0.15, 0.2) is 0 Å². The summed E-state index contributed by atoms with van der Waals surface area (Å²) in [4.78, 5) is 10.2. The number of rotatable bonds is 2. The van der Waals surface area contributed by atoms with E-state index in [1.165, 1.54) is 0 Å². The maximum Gasteiger partial charge on any atom is 0.266 e. The average Bonchev–Trinajstić information content (AvgIpc) is 2.67. The summed E-state index contributed by atoms with van der Waals surface area (Å²) >= 11 is 0. The highest BCUT2D eigenvalue weighted by Crippen LogP contribution is 2.31. The molecule has 0 amide bonds. The third-order valence-corrected chi connectivity index (χ3v) is 2.74. The number of nitrogens with zero attached hydrogens (tertiary/aromatic N) is 1. The van der Waals surface area contributed by atoms with Gasteiger partial charge in [-0.3, -0.25) is 15.4 Å². The molecule has 15 heavy (non-hydrogen) atoms. The van der Waals surface area contributed by atoms with E-state index >= 15 is 0 Å². The van der Waals surface area contributed by atoms with E-state index in [9.17, 15) is 15.2 Å². The lowest BCUT2D eigenvalue weighted by atomic mass is 9.97. The molecule has 1 heterocycles. The second-order valence-electron chi connectivity index (χ2n) is 3.70. The molecule has 0 aromatic heterocycles. The average molecular weight is 208 g/mol. The van der Waals surface area contributed by atoms with Gasteiger partial charge in [0.05, 0.1) is 0 Å². The second kappa shape index (κ2) is 3.86. The quantitative estimate of drug-likeness (QED) is 0.563. The number of phenols is 1. The van der Waals surface area contributed by atoms with Crippen LogP contribution in [0.15, 0.2) is 24.3 Å². The number of para-hydroxylation sites is 1. The molecule has 1 aliphatic rings.